The molecule has 0 saturated carbocycles. The van der Waals surface area contributed by atoms with E-state index in [-0.39, 0.29) is 34.9 Å². The molecule has 3 aromatic rings. The zero-order valence-corrected chi connectivity index (χ0v) is 23.4. The summed E-state index contributed by atoms with van der Waals surface area (Å²) < 4.78 is 44.6. The smallest absolute Gasteiger partial charge is 0.422 e. The lowest BCUT2D eigenvalue weighted by molar-refractivity contribution is -0.153. The first-order chi connectivity index (χ1) is 19.4. The van der Waals surface area contributed by atoms with Gasteiger partial charge in [0, 0.05) is 51.5 Å². The second kappa shape index (κ2) is 12.4. The molecule has 1 aromatic carbocycles. The van der Waals surface area contributed by atoms with Crippen LogP contribution < -0.4 is 25.2 Å². The van der Waals surface area contributed by atoms with Crippen LogP contribution in [0.3, 0.4) is 0 Å². The number of alkyl halides is 3. The van der Waals surface area contributed by atoms with E-state index in [2.05, 4.69) is 37.1 Å². The van der Waals surface area contributed by atoms with Crippen LogP contribution in [0.5, 0.6) is 5.88 Å². The normalized spacial score (nSPS) is 14.5. The van der Waals surface area contributed by atoms with Crippen molar-refractivity contribution in [1.29, 1.82) is 0 Å². The van der Waals surface area contributed by atoms with Crippen LogP contribution in [0.4, 0.5) is 42.0 Å². The number of nitrogens with one attached hydrogen (secondary N) is 2. The number of halogens is 3. The molecule has 1 amide bonds. The second-order valence-corrected chi connectivity index (χ2v) is 9.96. The Bertz CT molecular complexity index is 1400. The number of nitrogens with zero attached hydrogens (tertiary/aromatic N) is 6. The highest BCUT2D eigenvalue weighted by molar-refractivity contribution is 6.01. The molecule has 1 atom stereocenters. The number of anilines is 5. The maximum absolute atomic E-state index is 13.2. The lowest BCUT2D eigenvalue weighted by atomic mass is 9.98. The molecule has 2 aromatic heterocycles. The van der Waals surface area contributed by atoms with E-state index in [1.807, 2.05) is 56.4 Å². The SMILES string of the molecule is C=CC(=O)Nc1cc(Nc2nccc(C3CN(C)c4ccccc43)n2)c(OCC(F)(F)F)nc1N(C)CCN(C)C. The number of para-hydroxylation sites is 1. The minimum absolute atomic E-state index is 0.0195. The quantitative estimate of drug-likeness (QED) is 0.328. The van der Waals surface area contributed by atoms with E-state index in [0.717, 1.165) is 23.0 Å². The van der Waals surface area contributed by atoms with Gasteiger partial charge in [0.2, 0.25) is 17.7 Å². The summed E-state index contributed by atoms with van der Waals surface area (Å²) in [5.74, 6) is -0.473. The molecular formula is C28H33F3N8O2. The number of likely N-dealkylation sites (N-methyl/N-ethyl adjacent to an activating group) is 3. The predicted molar refractivity (Wildman–Crippen MR) is 153 cm³/mol. The molecule has 10 nitrogen and oxygen atoms in total. The Labute approximate surface area is 236 Å². The Kier molecular flexibility index (Phi) is 8.96. The summed E-state index contributed by atoms with van der Waals surface area (Å²) >= 11 is 0. The van der Waals surface area contributed by atoms with Crippen molar-refractivity contribution in [2.75, 3.05) is 74.9 Å². The van der Waals surface area contributed by atoms with E-state index < -0.39 is 18.7 Å². The summed E-state index contributed by atoms with van der Waals surface area (Å²) in [5.41, 5.74) is 3.27. The van der Waals surface area contributed by atoms with Crippen molar-refractivity contribution in [3.8, 4) is 5.88 Å². The Balaban J connectivity index is 1.72. The third kappa shape index (κ3) is 7.42. The average molecular weight is 571 g/mol. The molecule has 2 N–H and O–H groups in total. The Morgan fingerprint density at radius 1 is 1.17 bits per heavy atom. The maximum Gasteiger partial charge on any atom is 0.422 e. The zero-order chi connectivity index (χ0) is 29.7. The molecule has 1 unspecified atom stereocenters. The highest BCUT2D eigenvalue weighted by atomic mass is 19.4. The first-order valence-corrected chi connectivity index (χ1v) is 12.9. The van der Waals surface area contributed by atoms with E-state index in [9.17, 15) is 18.0 Å². The van der Waals surface area contributed by atoms with Crippen LogP contribution >= 0.6 is 0 Å². The van der Waals surface area contributed by atoms with Crippen molar-refractivity contribution in [3.63, 3.8) is 0 Å². The first kappa shape index (κ1) is 29.6. The van der Waals surface area contributed by atoms with E-state index >= 15 is 0 Å². The number of fused-ring (bicyclic) bond motifs is 1. The minimum Gasteiger partial charge on any atom is -0.466 e. The molecule has 4 rings (SSSR count). The Hall–Kier alpha value is -4.39. The Morgan fingerprint density at radius 3 is 2.63 bits per heavy atom. The van der Waals surface area contributed by atoms with Crippen molar-refractivity contribution in [3.05, 3.63) is 66.5 Å². The van der Waals surface area contributed by atoms with Crippen molar-refractivity contribution in [2.24, 2.45) is 0 Å². The number of amides is 1. The number of ether oxygens (including phenoxy) is 1. The van der Waals surface area contributed by atoms with Crippen LogP contribution in [-0.2, 0) is 4.79 Å². The largest absolute Gasteiger partial charge is 0.466 e. The van der Waals surface area contributed by atoms with Gasteiger partial charge in [0.1, 0.15) is 5.69 Å². The fourth-order valence-electron chi connectivity index (χ4n) is 4.46. The number of benzene rings is 1. The number of aromatic nitrogens is 3. The van der Waals surface area contributed by atoms with E-state index in [1.165, 1.54) is 6.07 Å². The van der Waals surface area contributed by atoms with Gasteiger partial charge in [0.15, 0.2) is 12.4 Å². The summed E-state index contributed by atoms with van der Waals surface area (Å²) in [5, 5.41) is 5.65. The summed E-state index contributed by atoms with van der Waals surface area (Å²) in [6.07, 6.45) is -1.92. The summed E-state index contributed by atoms with van der Waals surface area (Å²) in [6, 6.07) is 11.3. The number of hydrogen-bond acceptors (Lipinski definition) is 9. The third-order valence-corrected chi connectivity index (χ3v) is 6.49. The Morgan fingerprint density at radius 2 is 1.93 bits per heavy atom. The highest BCUT2D eigenvalue weighted by Crippen LogP contribution is 2.39. The van der Waals surface area contributed by atoms with Crippen LogP contribution in [0.15, 0.2) is 55.3 Å². The molecule has 41 heavy (non-hydrogen) atoms. The summed E-state index contributed by atoms with van der Waals surface area (Å²) in [6.45, 7) is 3.75. The zero-order valence-electron chi connectivity index (χ0n) is 23.4. The second-order valence-electron chi connectivity index (χ2n) is 9.96. The molecule has 1 aliphatic rings. The lowest BCUT2D eigenvalue weighted by Crippen LogP contribution is -2.30. The van der Waals surface area contributed by atoms with Gasteiger partial charge in [-0.2, -0.15) is 18.2 Å². The third-order valence-electron chi connectivity index (χ3n) is 6.49. The van der Waals surface area contributed by atoms with Crippen LogP contribution in [0, 0.1) is 0 Å². The predicted octanol–water partition coefficient (Wildman–Crippen LogP) is 4.26. The minimum atomic E-state index is -4.59. The van der Waals surface area contributed by atoms with E-state index in [0.29, 0.717) is 19.6 Å². The standard InChI is InChI=1S/C28H33F3N8O2/c1-6-24(40)33-21-15-22(26(41-17-28(29,30)31)36-25(21)38(4)14-13-37(2)3)35-27-32-12-11-20(34-27)19-16-39(5)23-10-8-7-9-18(19)23/h6-12,15,19H,1,13-14,16-17H2,2-5H3,(H,33,40)(H,32,34,35). The number of pyridine rings is 1. The molecule has 218 valence electrons. The van der Waals surface area contributed by atoms with Gasteiger partial charge in [-0.3, -0.25) is 4.79 Å². The van der Waals surface area contributed by atoms with Crippen LogP contribution in [0.25, 0.3) is 0 Å². The number of carbonyl (C=O) groups is 1. The van der Waals surface area contributed by atoms with Gasteiger partial charge in [-0.25, -0.2) is 9.97 Å². The molecule has 0 aliphatic carbocycles. The summed E-state index contributed by atoms with van der Waals surface area (Å²) in [7, 11) is 7.51. The molecule has 0 spiro atoms. The number of carbonyl (C=O) groups excluding carboxylic acids is 1. The van der Waals surface area contributed by atoms with Crippen LogP contribution in [0.1, 0.15) is 17.2 Å². The van der Waals surface area contributed by atoms with Gasteiger partial charge in [-0.15, -0.1) is 0 Å². The van der Waals surface area contributed by atoms with Gasteiger partial charge in [0.05, 0.1) is 11.4 Å². The number of rotatable bonds is 11. The van der Waals surface area contributed by atoms with Crippen LogP contribution in [-0.4, -0.2) is 86.4 Å². The molecule has 13 heteroatoms. The van der Waals surface area contributed by atoms with Crippen molar-refractivity contribution >= 4 is 34.7 Å². The van der Waals surface area contributed by atoms with Crippen molar-refractivity contribution in [1.82, 2.24) is 19.9 Å². The van der Waals surface area contributed by atoms with Crippen molar-refractivity contribution in [2.45, 2.75) is 12.1 Å². The van der Waals surface area contributed by atoms with Crippen molar-refractivity contribution < 1.29 is 22.7 Å². The van der Waals surface area contributed by atoms with Gasteiger partial charge in [-0.1, -0.05) is 24.8 Å². The summed E-state index contributed by atoms with van der Waals surface area (Å²) in [4.78, 5) is 31.4. The molecular weight excluding hydrogens is 537 g/mol. The fourth-order valence-corrected chi connectivity index (χ4v) is 4.46. The molecule has 3 heterocycles. The van der Waals surface area contributed by atoms with E-state index in [4.69, 9.17) is 4.74 Å². The lowest BCUT2D eigenvalue weighted by Gasteiger charge is -2.25. The average Bonchev–Trinajstić information content (AvgIpc) is 3.27. The molecule has 0 fully saturated rings. The topological polar surface area (TPSA) is 98.8 Å². The maximum atomic E-state index is 13.2. The van der Waals surface area contributed by atoms with Gasteiger partial charge < -0.3 is 30.1 Å². The first-order valence-electron chi connectivity index (χ1n) is 12.9. The van der Waals surface area contributed by atoms with E-state index in [1.54, 1.807) is 18.1 Å². The fraction of sp³-hybridized carbons (Fsp3) is 0.357. The molecule has 0 bridgehead atoms. The molecule has 0 saturated heterocycles. The molecule has 0 radical (unpaired) electrons. The highest BCUT2D eigenvalue weighted by Gasteiger charge is 2.31. The van der Waals surface area contributed by atoms with Crippen LogP contribution in [0.2, 0.25) is 0 Å². The monoisotopic (exact) mass is 570 g/mol. The van der Waals surface area contributed by atoms with Gasteiger partial charge >= 0.3 is 6.18 Å². The van der Waals surface area contributed by atoms with Gasteiger partial charge in [0.25, 0.3) is 0 Å². The van der Waals surface area contributed by atoms with Gasteiger partial charge in [-0.05, 0) is 43.9 Å². The molecule has 1 aliphatic heterocycles. The number of hydrogen-bond donors (Lipinski definition) is 2.